The summed E-state index contributed by atoms with van der Waals surface area (Å²) in [5.74, 6) is 0. The maximum absolute atomic E-state index is 2.44. The SMILES string of the molecule is Br.CC[Si](CC)(CC)CC[P+](c1ccccc1)(c1ccccc1)c1ccccc1. The topological polar surface area (TPSA) is 0 Å². The van der Waals surface area contributed by atoms with Crippen LogP contribution in [0.3, 0.4) is 0 Å². The molecule has 0 fully saturated rings. The van der Waals surface area contributed by atoms with Crippen molar-refractivity contribution in [2.45, 2.75) is 44.9 Å². The zero-order valence-corrected chi connectivity index (χ0v) is 21.7. The minimum absolute atomic E-state index is 0. The lowest BCUT2D eigenvalue weighted by molar-refractivity contribution is 1.11. The molecule has 0 unspecified atom stereocenters. The van der Waals surface area contributed by atoms with Gasteiger partial charge in [-0.1, -0.05) is 93.5 Å². The summed E-state index contributed by atoms with van der Waals surface area (Å²) >= 11 is 0. The summed E-state index contributed by atoms with van der Waals surface area (Å²) in [6, 6.07) is 39.7. The second-order valence-electron chi connectivity index (χ2n) is 7.85. The third-order valence-corrected chi connectivity index (χ3v) is 17.5. The lowest BCUT2D eigenvalue weighted by Crippen LogP contribution is -2.38. The average Bonchev–Trinajstić information content (AvgIpc) is 2.79. The van der Waals surface area contributed by atoms with Crippen molar-refractivity contribution in [1.82, 2.24) is 0 Å². The van der Waals surface area contributed by atoms with Gasteiger partial charge in [0, 0.05) is 0 Å². The smallest absolute Gasteiger partial charge is 0.111 e. The Labute approximate surface area is 189 Å². The monoisotopic (exact) mass is 485 g/mol. The van der Waals surface area contributed by atoms with Crippen molar-refractivity contribution in [3.63, 3.8) is 0 Å². The lowest BCUT2D eigenvalue weighted by Gasteiger charge is -2.33. The van der Waals surface area contributed by atoms with E-state index in [0.29, 0.717) is 0 Å². The zero-order chi connectivity index (χ0) is 19.9. The van der Waals surface area contributed by atoms with E-state index in [4.69, 9.17) is 0 Å². The van der Waals surface area contributed by atoms with Crippen LogP contribution in [0.5, 0.6) is 0 Å². The van der Waals surface area contributed by atoms with E-state index in [1.54, 1.807) is 0 Å². The van der Waals surface area contributed by atoms with Crippen molar-refractivity contribution in [1.29, 1.82) is 0 Å². The first kappa shape index (κ1) is 24.1. The molecule has 0 radical (unpaired) electrons. The van der Waals surface area contributed by atoms with Crippen molar-refractivity contribution in [2.75, 3.05) is 6.16 Å². The molecule has 3 aromatic rings. The molecule has 0 bridgehead atoms. The lowest BCUT2D eigenvalue weighted by atomic mass is 10.4. The van der Waals surface area contributed by atoms with Gasteiger partial charge in [0.15, 0.2) is 0 Å². The van der Waals surface area contributed by atoms with Gasteiger partial charge in [-0.25, -0.2) is 0 Å². The molecule has 0 aliphatic heterocycles. The Hall–Kier alpha value is -1.21. The second kappa shape index (κ2) is 11.3. The molecule has 3 aromatic carbocycles. The van der Waals surface area contributed by atoms with Gasteiger partial charge in [0.1, 0.15) is 23.2 Å². The predicted octanol–water partition coefficient (Wildman–Crippen LogP) is 7.07. The van der Waals surface area contributed by atoms with Gasteiger partial charge in [-0.05, 0) is 42.4 Å². The van der Waals surface area contributed by atoms with Crippen molar-refractivity contribution in [3.05, 3.63) is 91.0 Å². The quantitative estimate of drug-likeness (QED) is 0.224. The standard InChI is InChI=1S/C26H34PSi.BrH/c1-4-28(5-2,6-3)23-22-27(24-16-10-7-11-17-24,25-18-12-8-13-19-25)26-20-14-9-15-21-26;/h7-21H,4-6,22-23H2,1-3H3;1H/q+1;. The van der Waals surface area contributed by atoms with Crippen LogP contribution in [0.2, 0.25) is 24.2 Å². The Bertz CT molecular complexity index is 727. The van der Waals surface area contributed by atoms with Gasteiger partial charge in [0.25, 0.3) is 0 Å². The third-order valence-electron chi connectivity index (χ3n) is 6.82. The van der Waals surface area contributed by atoms with Crippen molar-refractivity contribution < 1.29 is 0 Å². The van der Waals surface area contributed by atoms with Crippen LogP contribution in [-0.4, -0.2) is 14.2 Å². The molecule has 0 heterocycles. The third kappa shape index (κ3) is 5.10. The molecule has 0 amide bonds. The molecule has 0 aliphatic rings. The number of benzene rings is 3. The Morgan fingerprint density at radius 2 is 0.862 bits per heavy atom. The van der Waals surface area contributed by atoms with Gasteiger partial charge in [-0.2, -0.15) is 0 Å². The van der Waals surface area contributed by atoms with E-state index in [0.717, 1.165) is 0 Å². The van der Waals surface area contributed by atoms with Gasteiger partial charge in [0.2, 0.25) is 0 Å². The van der Waals surface area contributed by atoms with Crippen LogP contribution in [0.1, 0.15) is 20.8 Å². The van der Waals surface area contributed by atoms with Gasteiger partial charge < -0.3 is 0 Å². The summed E-state index contributed by atoms with van der Waals surface area (Å²) < 4.78 is 0. The van der Waals surface area contributed by atoms with E-state index in [1.165, 1.54) is 46.3 Å². The van der Waals surface area contributed by atoms with Crippen molar-refractivity contribution in [2.24, 2.45) is 0 Å². The van der Waals surface area contributed by atoms with Gasteiger partial charge in [-0.3, -0.25) is 0 Å². The van der Waals surface area contributed by atoms with Crippen molar-refractivity contribution in [3.8, 4) is 0 Å². The van der Waals surface area contributed by atoms with E-state index in [-0.39, 0.29) is 17.0 Å². The van der Waals surface area contributed by atoms with E-state index < -0.39 is 15.3 Å². The van der Waals surface area contributed by atoms with E-state index in [9.17, 15) is 0 Å². The summed E-state index contributed by atoms with van der Waals surface area (Å²) in [4.78, 5) is 0. The summed E-state index contributed by atoms with van der Waals surface area (Å²) in [5, 5.41) is 4.58. The van der Waals surface area contributed by atoms with Crippen LogP contribution >= 0.6 is 24.2 Å². The largest absolute Gasteiger partial charge is 0.114 e. The minimum atomic E-state index is -1.65. The van der Waals surface area contributed by atoms with E-state index >= 15 is 0 Å². The fourth-order valence-corrected chi connectivity index (χ4v) is 14.1. The zero-order valence-electron chi connectivity index (χ0n) is 18.1. The maximum Gasteiger partial charge on any atom is 0.111 e. The molecule has 29 heavy (non-hydrogen) atoms. The number of rotatable bonds is 9. The van der Waals surface area contributed by atoms with Crippen LogP contribution < -0.4 is 15.9 Å². The molecule has 154 valence electrons. The Morgan fingerprint density at radius 3 is 1.14 bits per heavy atom. The summed E-state index contributed by atoms with van der Waals surface area (Å²) in [6.07, 6.45) is 1.30. The fourth-order valence-electron chi connectivity index (χ4n) is 4.57. The first-order valence-corrected chi connectivity index (χ1v) is 15.6. The maximum atomic E-state index is 2.44. The van der Waals surface area contributed by atoms with E-state index in [2.05, 4.69) is 112 Å². The van der Waals surface area contributed by atoms with Crippen molar-refractivity contribution >= 4 is 48.2 Å². The highest BCUT2D eigenvalue weighted by atomic mass is 79.9. The van der Waals surface area contributed by atoms with Crippen LogP contribution in [0, 0.1) is 0 Å². The molecule has 0 aromatic heterocycles. The minimum Gasteiger partial charge on any atom is -0.114 e. The highest BCUT2D eigenvalue weighted by molar-refractivity contribution is 8.93. The Kier molecular flexibility index (Phi) is 9.34. The number of halogens is 1. The van der Waals surface area contributed by atoms with Gasteiger partial charge in [-0.15, -0.1) is 17.0 Å². The highest BCUT2D eigenvalue weighted by Gasteiger charge is 2.46. The molecular weight excluding hydrogens is 451 g/mol. The molecule has 0 atom stereocenters. The Morgan fingerprint density at radius 1 is 0.552 bits per heavy atom. The van der Waals surface area contributed by atoms with Gasteiger partial charge in [0.05, 0.1) is 14.2 Å². The molecule has 0 saturated carbocycles. The first-order valence-electron chi connectivity index (χ1n) is 10.8. The predicted molar refractivity (Wildman–Crippen MR) is 142 cm³/mol. The molecule has 0 N–H and O–H groups in total. The molecule has 3 rings (SSSR count). The fraction of sp³-hybridized carbons (Fsp3) is 0.308. The molecule has 0 nitrogen and oxygen atoms in total. The second-order valence-corrected chi connectivity index (χ2v) is 17.1. The summed E-state index contributed by atoms with van der Waals surface area (Å²) in [7, 11) is -2.85. The van der Waals surface area contributed by atoms with Crippen LogP contribution in [0.15, 0.2) is 91.0 Å². The number of hydrogen-bond donors (Lipinski definition) is 0. The van der Waals surface area contributed by atoms with Crippen LogP contribution in [0.4, 0.5) is 0 Å². The highest BCUT2D eigenvalue weighted by Crippen LogP contribution is 2.57. The summed E-state index contributed by atoms with van der Waals surface area (Å²) in [6.45, 7) is 7.31. The van der Waals surface area contributed by atoms with E-state index in [1.807, 2.05) is 0 Å². The van der Waals surface area contributed by atoms with Crippen LogP contribution in [-0.2, 0) is 0 Å². The summed E-state index contributed by atoms with van der Waals surface area (Å²) in [5.41, 5.74) is 0. The first-order chi connectivity index (χ1) is 13.7. The molecule has 0 aliphatic carbocycles. The van der Waals surface area contributed by atoms with Gasteiger partial charge >= 0.3 is 0 Å². The molecule has 3 heteroatoms. The average molecular weight is 487 g/mol. The van der Waals surface area contributed by atoms with Crippen LogP contribution in [0.25, 0.3) is 0 Å². The Balaban J connectivity index is 0.00000300. The molecular formula is C26H35BrPSi+. The molecule has 0 saturated heterocycles. The number of hydrogen-bond acceptors (Lipinski definition) is 0. The normalized spacial score (nSPS) is 11.7. The molecule has 0 spiro atoms.